The number of nitrogens with two attached hydrogens (primary N) is 1. The molecule has 1 unspecified atom stereocenters. The summed E-state index contributed by atoms with van der Waals surface area (Å²) in [5.41, 5.74) is 5.97. The molecule has 1 atom stereocenters. The van der Waals surface area contributed by atoms with E-state index in [4.69, 9.17) is 10.5 Å². The standard InChI is InChI=1S/C10H13N5OS/c11-10(2-3-10)8-14-15-7(6-1-4-16-5-6)12-13-9(15)17-8/h6H,1-5,11H2. The molecule has 2 aromatic rings. The lowest BCUT2D eigenvalue weighted by Crippen LogP contribution is -2.19. The highest BCUT2D eigenvalue weighted by Gasteiger charge is 2.44. The molecule has 0 amide bonds. The summed E-state index contributed by atoms with van der Waals surface area (Å²) >= 11 is 1.56. The second-order valence-electron chi connectivity index (χ2n) is 4.88. The van der Waals surface area contributed by atoms with Crippen molar-refractivity contribution >= 4 is 16.3 Å². The Kier molecular flexibility index (Phi) is 1.89. The Bertz CT molecular complexity index is 566. The number of fused-ring (bicyclic) bond motifs is 1. The summed E-state index contributed by atoms with van der Waals surface area (Å²) < 4.78 is 7.24. The van der Waals surface area contributed by atoms with Crippen LogP contribution in [-0.4, -0.2) is 33.0 Å². The molecule has 1 saturated carbocycles. The van der Waals surface area contributed by atoms with Crippen molar-refractivity contribution < 1.29 is 4.74 Å². The average molecular weight is 251 g/mol. The molecule has 0 radical (unpaired) electrons. The highest BCUT2D eigenvalue weighted by atomic mass is 32.1. The van der Waals surface area contributed by atoms with E-state index in [9.17, 15) is 0 Å². The predicted octanol–water partition coefficient (Wildman–Crippen LogP) is 0.637. The first kappa shape index (κ1) is 9.93. The van der Waals surface area contributed by atoms with E-state index in [-0.39, 0.29) is 5.54 Å². The van der Waals surface area contributed by atoms with Gasteiger partial charge in [-0.05, 0) is 19.3 Å². The molecule has 2 aliphatic rings. The van der Waals surface area contributed by atoms with Gasteiger partial charge in [-0.15, -0.1) is 10.2 Å². The summed E-state index contributed by atoms with van der Waals surface area (Å²) in [5.74, 6) is 1.25. The number of rotatable bonds is 2. The van der Waals surface area contributed by atoms with Crippen molar-refractivity contribution in [1.82, 2.24) is 19.8 Å². The van der Waals surface area contributed by atoms with Crippen LogP contribution in [-0.2, 0) is 10.3 Å². The molecule has 1 aliphatic heterocycles. The summed E-state index contributed by atoms with van der Waals surface area (Å²) in [7, 11) is 0. The van der Waals surface area contributed by atoms with E-state index in [1.165, 1.54) is 0 Å². The monoisotopic (exact) mass is 251 g/mol. The van der Waals surface area contributed by atoms with Crippen LogP contribution in [0.5, 0.6) is 0 Å². The van der Waals surface area contributed by atoms with Crippen LogP contribution in [0.25, 0.3) is 4.96 Å². The fourth-order valence-corrected chi connectivity index (χ4v) is 3.18. The molecule has 0 bridgehead atoms. The zero-order valence-electron chi connectivity index (χ0n) is 9.30. The fourth-order valence-electron chi connectivity index (χ4n) is 2.17. The first-order valence-electron chi connectivity index (χ1n) is 5.85. The second kappa shape index (κ2) is 3.24. The lowest BCUT2D eigenvalue weighted by Gasteiger charge is -2.03. The molecule has 7 heteroatoms. The Morgan fingerprint density at radius 1 is 1.41 bits per heavy atom. The molecule has 1 saturated heterocycles. The van der Waals surface area contributed by atoms with Crippen molar-refractivity contribution in [2.75, 3.05) is 13.2 Å². The van der Waals surface area contributed by atoms with E-state index in [1.54, 1.807) is 11.3 Å². The third-order valence-electron chi connectivity index (χ3n) is 3.52. The van der Waals surface area contributed by atoms with Gasteiger partial charge >= 0.3 is 0 Å². The molecule has 90 valence electrons. The number of nitrogens with zero attached hydrogens (tertiary/aromatic N) is 4. The van der Waals surface area contributed by atoms with Crippen molar-refractivity contribution in [3.05, 3.63) is 10.8 Å². The fraction of sp³-hybridized carbons (Fsp3) is 0.700. The van der Waals surface area contributed by atoms with Crippen molar-refractivity contribution in [2.24, 2.45) is 5.73 Å². The summed E-state index contributed by atoms with van der Waals surface area (Å²) in [6.07, 6.45) is 3.05. The zero-order valence-corrected chi connectivity index (χ0v) is 10.1. The molecular weight excluding hydrogens is 238 g/mol. The van der Waals surface area contributed by atoms with Crippen molar-refractivity contribution in [1.29, 1.82) is 0 Å². The average Bonchev–Trinajstić information content (AvgIpc) is 2.82. The van der Waals surface area contributed by atoms with Crippen molar-refractivity contribution in [3.63, 3.8) is 0 Å². The maximum absolute atomic E-state index is 6.16. The van der Waals surface area contributed by atoms with E-state index >= 15 is 0 Å². The van der Waals surface area contributed by atoms with E-state index in [1.807, 2.05) is 4.52 Å². The van der Waals surface area contributed by atoms with Crippen LogP contribution in [0.15, 0.2) is 0 Å². The lowest BCUT2D eigenvalue weighted by molar-refractivity contribution is 0.193. The lowest BCUT2D eigenvalue weighted by atomic mass is 10.1. The third-order valence-corrected chi connectivity index (χ3v) is 4.64. The first-order chi connectivity index (χ1) is 8.26. The quantitative estimate of drug-likeness (QED) is 0.847. The van der Waals surface area contributed by atoms with E-state index < -0.39 is 0 Å². The number of aromatic nitrogens is 4. The van der Waals surface area contributed by atoms with Gasteiger partial charge in [0.2, 0.25) is 4.96 Å². The largest absolute Gasteiger partial charge is 0.381 e. The molecule has 3 heterocycles. The van der Waals surface area contributed by atoms with Crippen molar-refractivity contribution in [3.8, 4) is 0 Å². The SMILES string of the molecule is NC1(c2nn3c(C4CCOC4)nnc3s2)CC1. The Balaban J connectivity index is 1.79. The van der Waals surface area contributed by atoms with Crippen LogP contribution in [0.2, 0.25) is 0 Å². The Hall–Kier alpha value is -1.05. The third kappa shape index (κ3) is 1.42. The van der Waals surface area contributed by atoms with E-state index in [0.717, 1.165) is 48.3 Å². The Labute approximate surface area is 102 Å². The maximum atomic E-state index is 6.16. The number of hydrogen-bond donors (Lipinski definition) is 1. The highest BCUT2D eigenvalue weighted by Crippen LogP contribution is 2.44. The zero-order chi connectivity index (χ0) is 11.5. The predicted molar refractivity (Wildman–Crippen MR) is 61.9 cm³/mol. The molecule has 1 aliphatic carbocycles. The smallest absolute Gasteiger partial charge is 0.234 e. The van der Waals surface area contributed by atoms with Gasteiger partial charge in [0.05, 0.1) is 12.1 Å². The van der Waals surface area contributed by atoms with Crippen LogP contribution in [0.3, 0.4) is 0 Å². The molecule has 6 nitrogen and oxygen atoms in total. The summed E-state index contributed by atoms with van der Waals surface area (Å²) in [4.78, 5) is 0.846. The Morgan fingerprint density at radius 2 is 2.29 bits per heavy atom. The molecular formula is C10H13N5OS. The number of hydrogen-bond acceptors (Lipinski definition) is 6. The van der Waals surface area contributed by atoms with Crippen LogP contribution in [0, 0.1) is 0 Å². The summed E-state index contributed by atoms with van der Waals surface area (Å²) in [5, 5.41) is 14.0. The summed E-state index contributed by atoms with van der Waals surface area (Å²) in [6.45, 7) is 1.53. The minimum Gasteiger partial charge on any atom is -0.381 e. The molecule has 2 aromatic heterocycles. The molecule has 2 fully saturated rings. The number of ether oxygens (including phenoxy) is 1. The van der Waals surface area contributed by atoms with Crippen LogP contribution < -0.4 is 5.73 Å². The molecule has 4 rings (SSSR count). The van der Waals surface area contributed by atoms with Gasteiger partial charge in [0.1, 0.15) is 5.01 Å². The maximum Gasteiger partial charge on any atom is 0.234 e. The van der Waals surface area contributed by atoms with Gasteiger partial charge in [-0.3, -0.25) is 0 Å². The Morgan fingerprint density at radius 3 is 3.00 bits per heavy atom. The topological polar surface area (TPSA) is 78.3 Å². The van der Waals surface area contributed by atoms with Crippen LogP contribution in [0.4, 0.5) is 0 Å². The minimum absolute atomic E-state index is 0.186. The van der Waals surface area contributed by atoms with Gasteiger partial charge in [-0.25, -0.2) is 0 Å². The van der Waals surface area contributed by atoms with Crippen molar-refractivity contribution in [2.45, 2.75) is 30.7 Å². The second-order valence-corrected chi connectivity index (χ2v) is 5.83. The van der Waals surface area contributed by atoms with Gasteiger partial charge in [-0.1, -0.05) is 11.3 Å². The van der Waals surface area contributed by atoms with Gasteiger partial charge in [0.25, 0.3) is 0 Å². The first-order valence-corrected chi connectivity index (χ1v) is 6.67. The summed E-state index contributed by atoms with van der Waals surface area (Å²) in [6, 6.07) is 0. The molecule has 17 heavy (non-hydrogen) atoms. The van der Waals surface area contributed by atoms with Gasteiger partial charge in [0, 0.05) is 12.5 Å². The van der Waals surface area contributed by atoms with Gasteiger partial charge in [0.15, 0.2) is 5.82 Å². The molecule has 2 N–H and O–H groups in total. The van der Waals surface area contributed by atoms with Gasteiger partial charge in [-0.2, -0.15) is 9.61 Å². The van der Waals surface area contributed by atoms with E-state index in [0.29, 0.717) is 5.92 Å². The van der Waals surface area contributed by atoms with Crippen LogP contribution >= 0.6 is 11.3 Å². The van der Waals surface area contributed by atoms with E-state index in [2.05, 4.69) is 15.3 Å². The van der Waals surface area contributed by atoms with Crippen LogP contribution in [0.1, 0.15) is 36.0 Å². The minimum atomic E-state index is -0.186. The molecule has 0 aromatic carbocycles. The highest BCUT2D eigenvalue weighted by molar-refractivity contribution is 7.16. The molecule has 0 spiro atoms. The normalized spacial score (nSPS) is 26.8. The van der Waals surface area contributed by atoms with Gasteiger partial charge < -0.3 is 10.5 Å².